The van der Waals surface area contributed by atoms with Crippen LogP contribution in [0, 0.1) is 0 Å². The van der Waals surface area contributed by atoms with Gasteiger partial charge in [-0.1, -0.05) is 18.2 Å². The van der Waals surface area contributed by atoms with Gasteiger partial charge < -0.3 is 4.42 Å². The predicted octanol–water partition coefficient (Wildman–Crippen LogP) is 3.71. The topological polar surface area (TPSA) is 43.1 Å². The number of nitrogens with zero attached hydrogens (tertiary/aromatic N) is 1. The van der Waals surface area contributed by atoms with Gasteiger partial charge in [-0.05, 0) is 29.8 Å². The van der Waals surface area contributed by atoms with Gasteiger partial charge in [-0.2, -0.15) is 0 Å². The average Bonchev–Trinajstić information content (AvgIpc) is 2.83. The number of halogens is 1. The lowest BCUT2D eigenvalue weighted by molar-refractivity contribution is 0.103. The van der Waals surface area contributed by atoms with Crippen LogP contribution >= 0.6 is 11.6 Å². The van der Waals surface area contributed by atoms with Crippen molar-refractivity contribution in [2.24, 2.45) is 0 Å². The molecule has 0 radical (unpaired) electrons. The van der Waals surface area contributed by atoms with Gasteiger partial charge in [-0.3, -0.25) is 9.78 Å². The molecule has 0 N–H and O–H groups in total. The molecule has 0 saturated heterocycles. The van der Waals surface area contributed by atoms with Gasteiger partial charge >= 0.3 is 0 Å². The molecule has 3 rings (SSSR count). The predicted molar refractivity (Wildman–Crippen MR) is 68.9 cm³/mol. The minimum absolute atomic E-state index is 0.112. The fourth-order valence-electron chi connectivity index (χ4n) is 1.82. The number of ketones is 1. The molecule has 88 valence electrons. The van der Waals surface area contributed by atoms with E-state index in [1.54, 1.807) is 24.4 Å². The lowest BCUT2D eigenvalue weighted by atomic mass is 10.0. The molecule has 1 aromatic carbocycles. The van der Waals surface area contributed by atoms with Crippen LogP contribution in [-0.4, -0.2) is 10.8 Å². The minimum Gasteiger partial charge on any atom is -0.452 e. The van der Waals surface area contributed by atoms with E-state index in [1.807, 2.05) is 18.2 Å². The number of hydrogen-bond acceptors (Lipinski definition) is 3. The standard InChI is InChI=1S/C14H8ClNO2/c15-14-11(5-7-18-14)13(17)10-4-3-9-2-1-6-16-12(9)8-10/h1-8H. The molecule has 0 atom stereocenters. The Morgan fingerprint density at radius 3 is 2.89 bits per heavy atom. The van der Waals surface area contributed by atoms with Crippen LogP contribution < -0.4 is 0 Å². The number of furan rings is 1. The zero-order valence-corrected chi connectivity index (χ0v) is 10.0. The fraction of sp³-hybridized carbons (Fsp3) is 0. The molecule has 3 aromatic rings. The Bertz CT molecular complexity index is 733. The number of benzene rings is 1. The van der Waals surface area contributed by atoms with Crippen LogP contribution in [0.15, 0.2) is 53.3 Å². The van der Waals surface area contributed by atoms with Crippen molar-refractivity contribution in [3.63, 3.8) is 0 Å². The maximum atomic E-state index is 12.2. The Morgan fingerprint density at radius 2 is 2.11 bits per heavy atom. The minimum atomic E-state index is -0.165. The lowest BCUT2D eigenvalue weighted by Gasteiger charge is -2.01. The smallest absolute Gasteiger partial charge is 0.204 e. The summed E-state index contributed by atoms with van der Waals surface area (Å²) in [7, 11) is 0. The van der Waals surface area contributed by atoms with Crippen LogP contribution in [0.2, 0.25) is 5.22 Å². The third kappa shape index (κ3) is 1.79. The van der Waals surface area contributed by atoms with E-state index in [1.165, 1.54) is 6.26 Å². The molecule has 0 aliphatic heterocycles. The number of rotatable bonds is 2. The summed E-state index contributed by atoms with van der Waals surface area (Å²) in [4.78, 5) is 16.4. The zero-order chi connectivity index (χ0) is 12.5. The van der Waals surface area contributed by atoms with Crippen molar-refractivity contribution in [2.45, 2.75) is 0 Å². The van der Waals surface area contributed by atoms with Crippen LogP contribution in [0.25, 0.3) is 10.9 Å². The Labute approximate surface area is 108 Å². The highest BCUT2D eigenvalue weighted by Crippen LogP contribution is 2.22. The number of aromatic nitrogens is 1. The molecular weight excluding hydrogens is 250 g/mol. The van der Waals surface area contributed by atoms with Gasteiger partial charge in [0.25, 0.3) is 0 Å². The SMILES string of the molecule is O=C(c1ccc2cccnc2c1)c1ccoc1Cl. The van der Waals surface area contributed by atoms with E-state index in [4.69, 9.17) is 16.0 Å². The molecule has 0 aliphatic carbocycles. The summed E-state index contributed by atoms with van der Waals surface area (Å²) in [5.41, 5.74) is 1.69. The summed E-state index contributed by atoms with van der Waals surface area (Å²) in [6, 6.07) is 10.7. The van der Waals surface area contributed by atoms with E-state index in [2.05, 4.69) is 4.98 Å². The molecule has 2 aromatic heterocycles. The van der Waals surface area contributed by atoms with E-state index >= 15 is 0 Å². The van der Waals surface area contributed by atoms with Gasteiger partial charge in [-0.15, -0.1) is 0 Å². The summed E-state index contributed by atoms with van der Waals surface area (Å²) in [5.74, 6) is -0.165. The summed E-state index contributed by atoms with van der Waals surface area (Å²) < 4.78 is 4.92. The molecule has 0 amide bonds. The molecule has 0 aliphatic rings. The van der Waals surface area contributed by atoms with Gasteiger partial charge in [0.2, 0.25) is 5.22 Å². The molecule has 0 saturated carbocycles. The number of carbonyl (C=O) groups excluding carboxylic acids is 1. The van der Waals surface area contributed by atoms with E-state index in [-0.39, 0.29) is 11.0 Å². The highest BCUT2D eigenvalue weighted by Gasteiger charge is 2.15. The van der Waals surface area contributed by atoms with Crippen molar-refractivity contribution in [1.82, 2.24) is 4.98 Å². The number of hydrogen-bond donors (Lipinski definition) is 0. The third-order valence-electron chi connectivity index (χ3n) is 2.73. The van der Waals surface area contributed by atoms with Crippen molar-refractivity contribution >= 4 is 28.3 Å². The normalized spacial score (nSPS) is 10.7. The van der Waals surface area contributed by atoms with Gasteiger partial charge in [0.05, 0.1) is 17.3 Å². The number of carbonyl (C=O) groups is 1. The molecule has 4 heteroatoms. The first kappa shape index (κ1) is 11.0. The number of fused-ring (bicyclic) bond motifs is 1. The third-order valence-corrected chi connectivity index (χ3v) is 3.02. The summed E-state index contributed by atoms with van der Waals surface area (Å²) in [5, 5.41) is 1.11. The van der Waals surface area contributed by atoms with Crippen LogP contribution in [-0.2, 0) is 0 Å². The fourth-order valence-corrected chi connectivity index (χ4v) is 2.02. The molecule has 2 heterocycles. The largest absolute Gasteiger partial charge is 0.452 e. The molecule has 0 fully saturated rings. The average molecular weight is 258 g/mol. The molecule has 0 unspecified atom stereocenters. The quantitative estimate of drug-likeness (QED) is 0.657. The first-order valence-corrected chi connectivity index (χ1v) is 5.76. The maximum absolute atomic E-state index is 12.2. The van der Waals surface area contributed by atoms with E-state index in [0.717, 1.165) is 10.9 Å². The van der Waals surface area contributed by atoms with Crippen molar-refractivity contribution in [3.8, 4) is 0 Å². The molecule has 18 heavy (non-hydrogen) atoms. The molecule has 0 bridgehead atoms. The van der Waals surface area contributed by atoms with Gasteiger partial charge in [0.15, 0.2) is 5.78 Å². The van der Waals surface area contributed by atoms with Crippen molar-refractivity contribution < 1.29 is 9.21 Å². The van der Waals surface area contributed by atoms with Crippen LogP contribution in [0.3, 0.4) is 0 Å². The molecule has 0 spiro atoms. The first-order chi connectivity index (χ1) is 8.75. The zero-order valence-electron chi connectivity index (χ0n) is 9.26. The highest BCUT2D eigenvalue weighted by atomic mass is 35.5. The van der Waals surface area contributed by atoms with Crippen LogP contribution in [0.4, 0.5) is 0 Å². The summed E-state index contributed by atoms with van der Waals surface area (Å²) in [6.45, 7) is 0. The Balaban J connectivity index is 2.10. The summed E-state index contributed by atoms with van der Waals surface area (Å²) in [6.07, 6.45) is 3.09. The Hall–Kier alpha value is -2.13. The molecule has 3 nitrogen and oxygen atoms in total. The van der Waals surface area contributed by atoms with Crippen molar-refractivity contribution in [3.05, 3.63) is 65.2 Å². The van der Waals surface area contributed by atoms with Crippen molar-refractivity contribution in [1.29, 1.82) is 0 Å². The number of pyridine rings is 1. The highest BCUT2D eigenvalue weighted by molar-refractivity contribution is 6.33. The van der Waals surface area contributed by atoms with E-state index in [0.29, 0.717) is 11.1 Å². The van der Waals surface area contributed by atoms with Gasteiger partial charge in [0, 0.05) is 17.1 Å². The van der Waals surface area contributed by atoms with Crippen LogP contribution in [0.1, 0.15) is 15.9 Å². The first-order valence-electron chi connectivity index (χ1n) is 5.38. The Morgan fingerprint density at radius 1 is 1.22 bits per heavy atom. The second-order valence-electron chi connectivity index (χ2n) is 3.85. The Kier molecular flexibility index (Phi) is 2.61. The van der Waals surface area contributed by atoms with Gasteiger partial charge in [0.1, 0.15) is 0 Å². The van der Waals surface area contributed by atoms with E-state index in [9.17, 15) is 4.79 Å². The summed E-state index contributed by atoms with van der Waals surface area (Å²) >= 11 is 5.80. The second-order valence-corrected chi connectivity index (χ2v) is 4.19. The molecular formula is C14H8ClNO2. The lowest BCUT2D eigenvalue weighted by Crippen LogP contribution is -2.00. The van der Waals surface area contributed by atoms with E-state index < -0.39 is 0 Å². The van der Waals surface area contributed by atoms with Crippen LogP contribution in [0.5, 0.6) is 0 Å². The van der Waals surface area contributed by atoms with Crippen molar-refractivity contribution in [2.75, 3.05) is 0 Å². The monoisotopic (exact) mass is 257 g/mol. The maximum Gasteiger partial charge on any atom is 0.204 e. The van der Waals surface area contributed by atoms with Gasteiger partial charge in [-0.25, -0.2) is 0 Å². The second kappa shape index (κ2) is 4.27.